The van der Waals surface area contributed by atoms with Crippen molar-refractivity contribution in [1.29, 1.82) is 0 Å². The fourth-order valence-electron chi connectivity index (χ4n) is 2.31. The van der Waals surface area contributed by atoms with E-state index in [4.69, 9.17) is 14.2 Å². The van der Waals surface area contributed by atoms with Crippen LogP contribution < -0.4 is 18.9 Å². The first-order chi connectivity index (χ1) is 12.3. The molecule has 26 heavy (non-hydrogen) atoms. The molecule has 0 bridgehead atoms. The summed E-state index contributed by atoms with van der Waals surface area (Å²) in [7, 11) is 0.505. The molecule has 10 heteroatoms. The Labute approximate surface area is 150 Å². The number of sulfonamides is 1. The van der Waals surface area contributed by atoms with Crippen molar-refractivity contribution in [1.82, 2.24) is 4.72 Å². The van der Waals surface area contributed by atoms with Gasteiger partial charge in [-0.2, -0.15) is 0 Å². The minimum Gasteiger partial charge on any atom is -0.493 e. The summed E-state index contributed by atoms with van der Waals surface area (Å²) in [5.41, 5.74) is 0.348. The smallest absolute Gasteiger partial charge is 0.269 e. The number of hydrogen-bond acceptors (Lipinski definition) is 7. The van der Waals surface area contributed by atoms with Crippen molar-refractivity contribution in [3.63, 3.8) is 0 Å². The van der Waals surface area contributed by atoms with Gasteiger partial charge in [0.15, 0.2) is 11.5 Å². The van der Waals surface area contributed by atoms with Crippen molar-refractivity contribution in [3.8, 4) is 17.2 Å². The van der Waals surface area contributed by atoms with E-state index in [1.54, 1.807) is 12.1 Å². The molecule has 2 rings (SSSR count). The van der Waals surface area contributed by atoms with E-state index in [1.807, 2.05) is 0 Å². The molecule has 0 aliphatic rings. The molecule has 2 aromatic rings. The predicted molar refractivity (Wildman–Crippen MR) is 93.2 cm³/mol. The molecule has 1 N–H and O–H groups in total. The molecule has 0 atom stereocenters. The van der Waals surface area contributed by atoms with Gasteiger partial charge in [0.1, 0.15) is 0 Å². The van der Waals surface area contributed by atoms with E-state index in [0.717, 1.165) is 12.1 Å². The SMILES string of the molecule is COc1ccc(CNS(=O)(=O)c2ccc([N+](=O)[O-])cc2)c(OC)c1OC. The number of hydrogen-bond donors (Lipinski definition) is 1. The van der Waals surface area contributed by atoms with Crippen LogP contribution in [-0.4, -0.2) is 34.7 Å². The Bertz CT molecular complexity index is 896. The van der Waals surface area contributed by atoms with E-state index in [1.165, 1.54) is 33.5 Å². The summed E-state index contributed by atoms with van der Waals surface area (Å²) in [5, 5.41) is 10.7. The number of nitrogens with zero attached hydrogens (tertiary/aromatic N) is 1. The van der Waals surface area contributed by atoms with Crippen LogP contribution in [0.3, 0.4) is 0 Å². The van der Waals surface area contributed by atoms with E-state index in [2.05, 4.69) is 4.72 Å². The first-order valence-electron chi connectivity index (χ1n) is 7.36. The Hall–Kier alpha value is -2.85. The topological polar surface area (TPSA) is 117 Å². The number of methoxy groups -OCH3 is 3. The first-order valence-corrected chi connectivity index (χ1v) is 8.84. The fraction of sp³-hybridized carbons (Fsp3) is 0.250. The summed E-state index contributed by atoms with van der Waals surface area (Å²) < 4.78 is 43.0. The second kappa shape index (κ2) is 8.02. The van der Waals surface area contributed by atoms with Crippen LogP contribution in [0, 0.1) is 10.1 Å². The summed E-state index contributed by atoms with van der Waals surface area (Å²) in [6.45, 7) is -0.0666. The van der Waals surface area contributed by atoms with Crippen LogP contribution in [0.15, 0.2) is 41.3 Å². The fourth-order valence-corrected chi connectivity index (χ4v) is 3.31. The summed E-state index contributed by atoms with van der Waals surface area (Å²) in [6.07, 6.45) is 0. The molecule has 9 nitrogen and oxygen atoms in total. The first kappa shape index (κ1) is 19.5. The van der Waals surface area contributed by atoms with Gasteiger partial charge in [-0.25, -0.2) is 13.1 Å². The number of nitro groups is 1. The van der Waals surface area contributed by atoms with Crippen LogP contribution >= 0.6 is 0 Å². The number of nitrogens with one attached hydrogen (secondary N) is 1. The molecule has 0 aliphatic carbocycles. The Kier molecular flexibility index (Phi) is 6.01. The van der Waals surface area contributed by atoms with Gasteiger partial charge in [0.2, 0.25) is 15.8 Å². The van der Waals surface area contributed by atoms with E-state index in [0.29, 0.717) is 22.8 Å². The van der Waals surface area contributed by atoms with Crippen molar-refractivity contribution in [3.05, 3.63) is 52.1 Å². The summed E-state index contributed by atoms with van der Waals surface area (Å²) in [6, 6.07) is 7.89. The molecular formula is C16H18N2O7S. The highest BCUT2D eigenvalue weighted by Crippen LogP contribution is 2.39. The molecule has 0 spiro atoms. The molecule has 0 aromatic heterocycles. The molecule has 0 saturated heterocycles. The molecule has 0 heterocycles. The van der Waals surface area contributed by atoms with Gasteiger partial charge in [0, 0.05) is 24.2 Å². The number of rotatable bonds is 8. The summed E-state index contributed by atoms with van der Waals surface area (Å²) in [5.74, 6) is 1.15. The molecule has 0 unspecified atom stereocenters. The lowest BCUT2D eigenvalue weighted by Crippen LogP contribution is -2.23. The lowest BCUT2D eigenvalue weighted by molar-refractivity contribution is -0.384. The van der Waals surface area contributed by atoms with E-state index in [9.17, 15) is 18.5 Å². The Morgan fingerprint density at radius 3 is 2.08 bits per heavy atom. The zero-order chi connectivity index (χ0) is 19.3. The van der Waals surface area contributed by atoms with Gasteiger partial charge in [-0.3, -0.25) is 10.1 Å². The largest absolute Gasteiger partial charge is 0.493 e. The van der Waals surface area contributed by atoms with Crippen molar-refractivity contribution in [2.45, 2.75) is 11.4 Å². The minimum absolute atomic E-state index is 0.0666. The maximum Gasteiger partial charge on any atom is 0.269 e. The average Bonchev–Trinajstić information content (AvgIpc) is 2.65. The minimum atomic E-state index is -3.86. The molecular weight excluding hydrogens is 364 g/mol. The van der Waals surface area contributed by atoms with Crippen molar-refractivity contribution < 1.29 is 27.6 Å². The summed E-state index contributed by atoms with van der Waals surface area (Å²) >= 11 is 0. The number of non-ortho nitro benzene ring substituents is 1. The third kappa shape index (κ3) is 4.03. The molecule has 0 radical (unpaired) electrons. The lowest BCUT2D eigenvalue weighted by atomic mass is 10.1. The molecule has 0 fully saturated rings. The highest BCUT2D eigenvalue weighted by molar-refractivity contribution is 7.89. The predicted octanol–water partition coefficient (Wildman–Crippen LogP) is 2.10. The zero-order valence-electron chi connectivity index (χ0n) is 14.4. The monoisotopic (exact) mass is 382 g/mol. The van der Waals surface area contributed by atoms with Crippen LogP contribution in [0.25, 0.3) is 0 Å². The van der Waals surface area contributed by atoms with Crippen molar-refractivity contribution in [2.75, 3.05) is 21.3 Å². The zero-order valence-corrected chi connectivity index (χ0v) is 15.2. The van der Waals surface area contributed by atoms with Gasteiger partial charge < -0.3 is 14.2 Å². The molecule has 0 amide bonds. The Morgan fingerprint density at radius 2 is 1.58 bits per heavy atom. The van der Waals surface area contributed by atoms with Gasteiger partial charge in [-0.1, -0.05) is 6.07 Å². The van der Waals surface area contributed by atoms with E-state index < -0.39 is 14.9 Å². The van der Waals surface area contributed by atoms with E-state index in [-0.39, 0.29) is 17.1 Å². The Morgan fingerprint density at radius 1 is 0.962 bits per heavy atom. The maximum atomic E-state index is 12.4. The van der Waals surface area contributed by atoms with Crippen LogP contribution in [0.2, 0.25) is 0 Å². The van der Waals surface area contributed by atoms with Gasteiger partial charge in [0.25, 0.3) is 5.69 Å². The van der Waals surface area contributed by atoms with Gasteiger partial charge >= 0.3 is 0 Å². The number of benzene rings is 2. The lowest BCUT2D eigenvalue weighted by Gasteiger charge is -2.16. The molecule has 2 aromatic carbocycles. The molecule has 0 saturated carbocycles. The van der Waals surface area contributed by atoms with Crippen LogP contribution in [0.5, 0.6) is 17.2 Å². The van der Waals surface area contributed by atoms with Crippen LogP contribution in [0.1, 0.15) is 5.56 Å². The highest BCUT2D eigenvalue weighted by atomic mass is 32.2. The molecule has 140 valence electrons. The second-order valence-corrected chi connectivity index (χ2v) is 6.84. The second-order valence-electron chi connectivity index (χ2n) is 5.07. The average molecular weight is 382 g/mol. The standard InChI is InChI=1S/C16H18N2O7S/c1-23-14-9-4-11(15(24-2)16(14)25-3)10-17-26(21,22)13-7-5-12(6-8-13)18(19)20/h4-9,17H,10H2,1-3H3. The maximum absolute atomic E-state index is 12.4. The van der Waals surface area contributed by atoms with Crippen LogP contribution in [0.4, 0.5) is 5.69 Å². The molecule has 0 aliphatic heterocycles. The van der Waals surface area contributed by atoms with E-state index >= 15 is 0 Å². The van der Waals surface area contributed by atoms with Crippen molar-refractivity contribution in [2.24, 2.45) is 0 Å². The normalized spacial score (nSPS) is 11.0. The third-order valence-corrected chi connectivity index (χ3v) is 5.01. The van der Waals surface area contributed by atoms with Gasteiger partial charge in [-0.05, 0) is 18.2 Å². The van der Waals surface area contributed by atoms with Crippen molar-refractivity contribution >= 4 is 15.7 Å². The third-order valence-electron chi connectivity index (χ3n) is 3.60. The number of ether oxygens (including phenoxy) is 3. The Balaban J connectivity index is 2.25. The van der Waals surface area contributed by atoms with Gasteiger partial charge in [-0.15, -0.1) is 0 Å². The highest BCUT2D eigenvalue weighted by Gasteiger charge is 2.19. The quantitative estimate of drug-likeness (QED) is 0.549. The van der Waals surface area contributed by atoms with Gasteiger partial charge in [0.05, 0.1) is 31.1 Å². The number of nitro benzene ring substituents is 1. The summed E-state index contributed by atoms with van der Waals surface area (Å²) in [4.78, 5) is 9.98. The van der Waals surface area contributed by atoms with Crippen LogP contribution in [-0.2, 0) is 16.6 Å².